The topological polar surface area (TPSA) is 75.1 Å². The van der Waals surface area contributed by atoms with Crippen LogP contribution in [0.25, 0.3) is 5.69 Å². The molecule has 0 bridgehead atoms. The molecule has 1 aromatic heterocycles. The molecule has 4 rings (SSSR count). The molecule has 2 heterocycles. The lowest BCUT2D eigenvalue weighted by atomic mass is 10.2. The van der Waals surface area contributed by atoms with Gasteiger partial charge in [-0.25, -0.2) is 4.68 Å². The number of hydrogen-bond donors (Lipinski definition) is 0. The van der Waals surface area contributed by atoms with Gasteiger partial charge in [0, 0.05) is 26.3 Å². The number of rotatable bonds is 10. The molecule has 0 radical (unpaired) electrons. The highest BCUT2D eigenvalue weighted by Gasteiger charge is 2.27. The largest absolute Gasteiger partial charge is 0.497 e. The smallest absolute Gasteiger partial charge is 0.248 e. The highest BCUT2D eigenvalue weighted by Crippen LogP contribution is 2.33. The molecule has 3 aromatic rings. The van der Waals surface area contributed by atoms with E-state index in [1.807, 2.05) is 61.5 Å². The van der Waals surface area contributed by atoms with Gasteiger partial charge in [0.05, 0.1) is 36.7 Å². The van der Waals surface area contributed by atoms with Crippen LogP contribution in [-0.4, -0.2) is 60.7 Å². The van der Waals surface area contributed by atoms with E-state index in [1.54, 1.807) is 16.7 Å². The van der Waals surface area contributed by atoms with Crippen molar-refractivity contribution in [3.05, 3.63) is 65.9 Å². The van der Waals surface area contributed by atoms with E-state index in [4.69, 9.17) is 24.0 Å². The Morgan fingerprint density at radius 1 is 1.15 bits per heavy atom. The second kappa shape index (κ2) is 11.2. The summed E-state index contributed by atoms with van der Waals surface area (Å²) in [6, 6.07) is 17.2. The molecule has 2 aromatic carbocycles. The van der Waals surface area contributed by atoms with E-state index in [9.17, 15) is 4.79 Å². The van der Waals surface area contributed by atoms with Gasteiger partial charge in [-0.2, -0.15) is 5.10 Å². The normalized spacial score (nSPS) is 15.3. The van der Waals surface area contributed by atoms with Crippen LogP contribution in [0.4, 0.5) is 0 Å². The van der Waals surface area contributed by atoms with Gasteiger partial charge in [-0.15, -0.1) is 0 Å². The summed E-state index contributed by atoms with van der Waals surface area (Å²) in [5.41, 5.74) is 2.47. The molecule has 8 heteroatoms. The lowest BCUT2D eigenvalue weighted by Gasteiger charge is -2.25. The summed E-state index contributed by atoms with van der Waals surface area (Å²) in [5, 5.41) is 4.77. The molecular weight excluding hydrogens is 434 g/mol. The molecule has 1 saturated heterocycles. The number of amides is 1. The van der Waals surface area contributed by atoms with Gasteiger partial charge >= 0.3 is 0 Å². The highest BCUT2D eigenvalue weighted by molar-refractivity contribution is 5.77. The minimum atomic E-state index is -0.0998. The Morgan fingerprint density at radius 3 is 2.65 bits per heavy atom. The van der Waals surface area contributed by atoms with Crippen molar-refractivity contribution in [1.29, 1.82) is 0 Å². The first-order valence-electron chi connectivity index (χ1n) is 11.4. The third kappa shape index (κ3) is 5.58. The first-order chi connectivity index (χ1) is 16.6. The average Bonchev–Trinajstić information content (AvgIpc) is 3.48. The summed E-state index contributed by atoms with van der Waals surface area (Å²) in [7, 11) is 3.14. The molecular formula is C26H31N3O5. The molecule has 180 valence electrons. The van der Waals surface area contributed by atoms with E-state index in [0.29, 0.717) is 30.5 Å². The number of nitrogens with zero attached hydrogens (tertiary/aromatic N) is 3. The van der Waals surface area contributed by atoms with Crippen molar-refractivity contribution in [1.82, 2.24) is 14.7 Å². The second-order valence-electron chi connectivity index (χ2n) is 8.24. The molecule has 0 N–H and O–H groups in total. The third-order valence-corrected chi connectivity index (χ3v) is 5.81. The van der Waals surface area contributed by atoms with Crippen molar-refractivity contribution in [2.75, 3.05) is 34.0 Å². The van der Waals surface area contributed by atoms with Crippen LogP contribution in [0.1, 0.15) is 24.1 Å². The minimum absolute atomic E-state index is 0.00463. The van der Waals surface area contributed by atoms with Gasteiger partial charge in [0.2, 0.25) is 11.8 Å². The number of benzene rings is 2. The molecule has 1 fully saturated rings. The second-order valence-corrected chi connectivity index (χ2v) is 8.24. The summed E-state index contributed by atoms with van der Waals surface area (Å²) in [5.74, 6) is 1.76. The summed E-state index contributed by atoms with van der Waals surface area (Å²) in [4.78, 5) is 14.7. The first kappa shape index (κ1) is 23.8. The fourth-order valence-corrected chi connectivity index (χ4v) is 4.04. The van der Waals surface area contributed by atoms with Crippen molar-refractivity contribution in [2.24, 2.45) is 0 Å². The molecule has 1 aliphatic rings. The molecule has 1 aliphatic heterocycles. The van der Waals surface area contributed by atoms with Gasteiger partial charge in [-0.1, -0.05) is 24.3 Å². The van der Waals surface area contributed by atoms with Gasteiger partial charge in [0.15, 0.2) is 0 Å². The quantitative estimate of drug-likeness (QED) is 0.448. The summed E-state index contributed by atoms with van der Waals surface area (Å²) >= 11 is 0. The van der Waals surface area contributed by atoms with Crippen LogP contribution in [0.15, 0.2) is 54.6 Å². The van der Waals surface area contributed by atoms with Crippen LogP contribution < -0.4 is 9.47 Å². The molecule has 0 saturated carbocycles. The van der Waals surface area contributed by atoms with Crippen LogP contribution in [0.2, 0.25) is 0 Å². The zero-order valence-electron chi connectivity index (χ0n) is 19.9. The molecule has 34 heavy (non-hydrogen) atoms. The standard InChI is InChI=1S/C26H31N3O5/c1-19-24(17-28(25(30)18-31-2)16-23-13-8-14-33-23)26(29(27-19)20-9-5-4-6-10-20)34-22-12-7-11-21(15-22)32-3/h4-7,9-12,15,23H,8,13-14,16-18H2,1-3H3. The van der Waals surface area contributed by atoms with Crippen LogP contribution >= 0.6 is 0 Å². The minimum Gasteiger partial charge on any atom is -0.497 e. The Bertz CT molecular complexity index is 1090. The zero-order chi connectivity index (χ0) is 23.9. The summed E-state index contributed by atoms with van der Waals surface area (Å²) in [6.45, 7) is 3.49. The number of aromatic nitrogens is 2. The zero-order valence-corrected chi connectivity index (χ0v) is 19.9. The monoisotopic (exact) mass is 465 g/mol. The first-order valence-corrected chi connectivity index (χ1v) is 11.4. The molecule has 1 atom stereocenters. The van der Waals surface area contributed by atoms with Crippen molar-refractivity contribution in [3.8, 4) is 23.1 Å². The Hall–Kier alpha value is -3.36. The van der Waals surface area contributed by atoms with Crippen LogP contribution in [0.5, 0.6) is 17.4 Å². The summed E-state index contributed by atoms with van der Waals surface area (Å²) in [6.07, 6.45) is 1.96. The van der Waals surface area contributed by atoms with E-state index in [2.05, 4.69) is 0 Å². The Balaban J connectivity index is 1.72. The van der Waals surface area contributed by atoms with Crippen molar-refractivity contribution in [3.63, 3.8) is 0 Å². The van der Waals surface area contributed by atoms with Crippen molar-refractivity contribution >= 4 is 5.91 Å². The lowest BCUT2D eigenvalue weighted by molar-refractivity contribution is -0.137. The van der Waals surface area contributed by atoms with E-state index in [0.717, 1.165) is 36.4 Å². The van der Waals surface area contributed by atoms with Crippen LogP contribution in [0, 0.1) is 6.92 Å². The maximum atomic E-state index is 12.9. The average molecular weight is 466 g/mol. The Labute approximate surface area is 200 Å². The predicted molar refractivity (Wildman–Crippen MR) is 128 cm³/mol. The maximum Gasteiger partial charge on any atom is 0.248 e. The number of para-hydroxylation sites is 1. The third-order valence-electron chi connectivity index (χ3n) is 5.81. The predicted octanol–water partition coefficient (Wildman–Crippen LogP) is 4.14. The number of carbonyl (C=O) groups excluding carboxylic acids is 1. The maximum absolute atomic E-state index is 12.9. The molecule has 8 nitrogen and oxygen atoms in total. The molecule has 1 unspecified atom stereocenters. The van der Waals surface area contributed by atoms with Gasteiger partial charge in [0.1, 0.15) is 18.1 Å². The Morgan fingerprint density at radius 2 is 1.94 bits per heavy atom. The van der Waals surface area contributed by atoms with Crippen LogP contribution in [-0.2, 0) is 20.8 Å². The highest BCUT2D eigenvalue weighted by atomic mass is 16.5. The van der Waals surface area contributed by atoms with E-state index in [1.165, 1.54) is 7.11 Å². The number of carbonyl (C=O) groups is 1. The number of ether oxygens (including phenoxy) is 4. The molecule has 0 spiro atoms. The fraction of sp³-hybridized carbons (Fsp3) is 0.385. The van der Waals surface area contributed by atoms with Crippen molar-refractivity contribution in [2.45, 2.75) is 32.4 Å². The van der Waals surface area contributed by atoms with E-state index >= 15 is 0 Å². The number of methoxy groups -OCH3 is 2. The number of hydrogen-bond acceptors (Lipinski definition) is 6. The summed E-state index contributed by atoms with van der Waals surface area (Å²) < 4.78 is 24.5. The van der Waals surface area contributed by atoms with Gasteiger partial charge in [-0.05, 0) is 44.0 Å². The molecule has 1 amide bonds. The number of aryl methyl sites for hydroxylation is 1. The van der Waals surface area contributed by atoms with Gasteiger partial charge < -0.3 is 23.8 Å². The van der Waals surface area contributed by atoms with E-state index in [-0.39, 0.29) is 18.6 Å². The van der Waals surface area contributed by atoms with Gasteiger partial charge in [-0.3, -0.25) is 4.79 Å². The SMILES string of the molecule is COCC(=O)N(Cc1c(C)nn(-c2ccccc2)c1Oc1cccc(OC)c1)CC1CCCO1. The van der Waals surface area contributed by atoms with Crippen LogP contribution in [0.3, 0.4) is 0 Å². The van der Waals surface area contributed by atoms with Crippen molar-refractivity contribution < 1.29 is 23.7 Å². The van der Waals surface area contributed by atoms with Gasteiger partial charge in [0.25, 0.3) is 0 Å². The lowest BCUT2D eigenvalue weighted by Crippen LogP contribution is -2.39. The fourth-order valence-electron chi connectivity index (χ4n) is 4.04. The molecule has 0 aliphatic carbocycles. The Kier molecular flexibility index (Phi) is 7.82. The van der Waals surface area contributed by atoms with E-state index < -0.39 is 0 Å².